The number of thioether (sulfide) groups is 1. The molecule has 1 aromatic rings. The molecule has 2 unspecified atom stereocenters. The van der Waals surface area contributed by atoms with Crippen LogP contribution < -0.4 is 10.5 Å². The quantitative estimate of drug-likeness (QED) is 0.712. The highest BCUT2D eigenvalue weighted by Crippen LogP contribution is 2.37. The fourth-order valence-electron chi connectivity index (χ4n) is 1.83. The van der Waals surface area contributed by atoms with Crippen molar-refractivity contribution in [2.45, 2.75) is 31.1 Å². The summed E-state index contributed by atoms with van der Waals surface area (Å²) in [4.78, 5) is 0. The number of rotatable bonds is 8. The first-order valence-corrected chi connectivity index (χ1v) is 7.40. The van der Waals surface area contributed by atoms with Crippen LogP contribution in [0.4, 0.5) is 0 Å². The van der Waals surface area contributed by atoms with Crippen molar-refractivity contribution in [1.29, 1.82) is 0 Å². The third kappa shape index (κ3) is 4.19. The van der Waals surface area contributed by atoms with Gasteiger partial charge >= 0.3 is 0 Å². The molecule has 1 rings (SSSR count). The lowest BCUT2D eigenvalue weighted by molar-refractivity contribution is 0.296. The summed E-state index contributed by atoms with van der Waals surface area (Å²) in [7, 11) is 1.69. The number of hydrogen-bond acceptors (Lipinski definition) is 4. The van der Waals surface area contributed by atoms with Gasteiger partial charge in [-0.1, -0.05) is 25.1 Å². The van der Waals surface area contributed by atoms with Gasteiger partial charge in [0.05, 0.1) is 7.11 Å². The first-order chi connectivity index (χ1) is 8.74. The van der Waals surface area contributed by atoms with Crippen LogP contribution in [0.5, 0.6) is 5.75 Å². The molecular weight excluding hydrogens is 246 g/mol. The second-order valence-corrected chi connectivity index (χ2v) is 5.43. The second-order valence-electron chi connectivity index (χ2n) is 4.18. The fourth-order valence-corrected chi connectivity index (χ4v) is 3.20. The second kappa shape index (κ2) is 8.40. The summed E-state index contributed by atoms with van der Waals surface area (Å²) >= 11 is 1.80. The molecule has 0 saturated heterocycles. The number of para-hydroxylation sites is 1. The van der Waals surface area contributed by atoms with Crippen LogP contribution in [0.3, 0.4) is 0 Å². The molecule has 3 nitrogen and oxygen atoms in total. The van der Waals surface area contributed by atoms with E-state index in [-0.39, 0.29) is 17.9 Å². The lowest BCUT2D eigenvalue weighted by atomic mass is 10.0. The zero-order chi connectivity index (χ0) is 13.4. The minimum atomic E-state index is 0.102. The third-order valence-corrected chi connectivity index (χ3v) is 4.39. The number of benzene rings is 1. The van der Waals surface area contributed by atoms with Gasteiger partial charge in [-0.2, -0.15) is 11.8 Å². The molecule has 4 heteroatoms. The smallest absolute Gasteiger partial charge is 0.123 e. The van der Waals surface area contributed by atoms with Gasteiger partial charge < -0.3 is 15.6 Å². The molecule has 0 heterocycles. The van der Waals surface area contributed by atoms with Gasteiger partial charge in [0, 0.05) is 23.5 Å². The lowest BCUT2D eigenvalue weighted by Gasteiger charge is -2.24. The molecule has 1 aromatic carbocycles. The van der Waals surface area contributed by atoms with Crippen LogP contribution in [0.2, 0.25) is 0 Å². The monoisotopic (exact) mass is 269 g/mol. The van der Waals surface area contributed by atoms with E-state index in [4.69, 9.17) is 15.6 Å². The van der Waals surface area contributed by atoms with E-state index < -0.39 is 0 Å². The van der Waals surface area contributed by atoms with Crippen molar-refractivity contribution in [3.05, 3.63) is 29.8 Å². The molecule has 0 radical (unpaired) electrons. The summed E-state index contributed by atoms with van der Waals surface area (Å²) in [6, 6.07) is 8.13. The van der Waals surface area contributed by atoms with E-state index in [0.29, 0.717) is 0 Å². The molecule has 0 fully saturated rings. The minimum Gasteiger partial charge on any atom is -0.496 e. The van der Waals surface area contributed by atoms with Crippen molar-refractivity contribution in [3.8, 4) is 5.75 Å². The molecule has 0 bridgehead atoms. The predicted octanol–water partition coefficient (Wildman–Crippen LogP) is 2.59. The Hall–Kier alpha value is -0.710. The predicted molar refractivity (Wildman–Crippen MR) is 78.2 cm³/mol. The molecule has 3 N–H and O–H groups in total. The molecule has 0 aliphatic carbocycles. The number of hydrogen-bond donors (Lipinski definition) is 2. The zero-order valence-electron chi connectivity index (χ0n) is 11.1. The van der Waals surface area contributed by atoms with Gasteiger partial charge in [0.1, 0.15) is 5.75 Å². The zero-order valence-corrected chi connectivity index (χ0v) is 12.0. The Kier molecular flexibility index (Phi) is 7.16. The van der Waals surface area contributed by atoms with E-state index in [0.717, 1.165) is 29.9 Å². The maximum Gasteiger partial charge on any atom is 0.123 e. The van der Waals surface area contributed by atoms with E-state index >= 15 is 0 Å². The molecule has 0 aliphatic rings. The molecule has 0 amide bonds. The summed E-state index contributed by atoms with van der Waals surface area (Å²) in [5.74, 6) is 1.80. The highest BCUT2D eigenvalue weighted by atomic mass is 32.2. The highest BCUT2D eigenvalue weighted by Gasteiger charge is 2.21. The molecule has 0 aromatic heterocycles. The normalized spacial score (nSPS) is 14.2. The first kappa shape index (κ1) is 15.3. The van der Waals surface area contributed by atoms with Gasteiger partial charge in [-0.05, 0) is 24.7 Å². The molecule has 18 heavy (non-hydrogen) atoms. The van der Waals surface area contributed by atoms with Crippen LogP contribution in [-0.2, 0) is 0 Å². The SMILES string of the molecule is CCC(N)C(SCCCO)c1ccccc1OC. The number of methoxy groups -OCH3 is 1. The number of nitrogens with two attached hydrogens (primary N) is 1. The Morgan fingerprint density at radius 3 is 2.72 bits per heavy atom. The summed E-state index contributed by atoms with van der Waals surface area (Å²) in [6.45, 7) is 2.33. The highest BCUT2D eigenvalue weighted by molar-refractivity contribution is 7.99. The Labute approximate surface area is 114 Å². The summed E-state index contributed by atoms with van der Waals surface area (Å²) in [5, 5.41) is 9.10. The number of ether oxygens (including phenoxy) is 1. The molecule has 102 valence electrons. The molecule has 2 atom stereocenters. The van der Waals surface area contributed by atoms with Crippen molar-refractivity contribution in [2.24, 2.45) is 5.73 Å². The van der Waals surface area contributed by atoms with E-state index in [1.165, 1.54) is 0 Å². The van der Waals surface area contributed by atoms with Crippen molar-refractivity contribution in [2.75, 3.05) is 19.5 Å². The molecule has 0 spiro atoms. The minimum absolute atomic E-state index is 0.102. The fraction of sp³-hybridized carbons (Fsp3) is 0.571. The topological polar surface area (TPSA) is 55.5 Å². The largest absolute Gasteiger partial charge is 0.496 e. The standard InChI is InChI=1S/C14H23NO2S/c1-3-12(15)14(18-10-6-9-16)11-7-4-5-8-13(11)17-2/h4-5,7-8,12,14,16H,3,6,9-10,15H2,1-2H3. The van der Waals surface area contributed by atoms with Gasteiger partial charge in [0.2, 0.25) is 0 Å². The average molecular weight is 269 g/mol. The van der Waals surface area contributed by atoms with Crippen LogP contribution >= 0.6 is 11.8 Å². The lowest BCUT2D eigenvalue weighted by Crippen LogP contribution is -2.26. The van der Waals surface area contributed by atoms with E-state index in [1.54, 1.807) is 18.9 Å². The van der Waals surface area contributed by atoms with Gasteiger partial charge in [-0.3, -0.25) is 0 Å². The third-order valence-electron chi connectivity index (χ3n) is 2.91. The van der Waals surface area contributed by atoms with Crippen LogP contribution in [0.25, 0.3) is 0 Å². The number of aliphatic hydroxyl groups excluding tert-OH is 1. The van der Waals surface area contributed by atoms with Crippen molar-refractivity contribution in [3.63, 3.8) is 0 Å². The molecule has 0 saturated carbocycles. The van der Waals surface area contributed by atoms with Crippen LogP contribution in [-0.4, -0.2) is 30.6 Å². The van der Waals surface area contributed by atoms with E-state index in [2.05, 4.69) is 13.0 Å². The van der Waals surface area contributed by atoms with E-state index in [9.17, 15) is 0 Å². The summed E-state index contributed by atoms with van der Waals surface area (Å²) in [6.07, 6.45) is 1.72. The maximum absolute atomic E-state index is 8.88. The first-order valence-electron chi connectivity index (χ1n) is 6.35. The van der Waals surface area contributed by atoms with Gasteiger partial charge in [-0.15, -0.1) is 0 Å². The Morgan fingerprint density at radius 2 is 2.11 bits per heavy atom. The van der Waals surface area contributed by atoms with Crippen LogP contribution in [0.15, 0.2) is 24.3 Å². The Balaban J connectivity index is 2.86. The van der Waals surface area contributed by atoms with Gasteiger partial charge in [0.15, 0.2) is 0 Å². The maximum atomic E-state index is 8.88. The Morgan fingerprint density at radius 1 is 1.39 bits per heavy atom. The van der Waals surface area contributed by atoms with Crippen molar-refractivity contribution >= 4 is 11.8 Å². The van der Waals surface area contributed by atoms with Gasteiger partial charge in [-0.25, -0.2) is 0 Å². The number of aliphatic hydroxyl groups is 1. The van der Waals surface area contributed by atoms with Crippen molar-refractivity contribution in [1.82, 2.24) is 0 Å². The van der Waals surface area contributed by atoms with Gasteiger partial charge in [0.25, 0.3) is 0 Å². The van der Waals surface area contributed by atoms with Crippen LogP contribution in [0, 0.1) is 0 Å². The molecular formula is C14H23NO2S. The molecule has 0 aliphatic heterocycles. The van der Waals surface area contributed by atoms with Crippen molar-refractivity contribution < 1.29 is 9.84 Å². The van der Waals surface area contributed by atoms with Crippen LogP contribution in [0.1, 0.15) is 30.6 Å². The van der Waals surface area contributed by atoms with E-state index in [1.807, 2.05) is 18.2 Å². The summed E-state index contributed by atoms with van der Waals surface area (Å²) in [5.41, 5.74) is 7.37. The average Bonchev–Trinajstić information content (AvgIpc) is 2.43. The Bertz CT molecular complexity index is 346. The summed E-state index contributed by atoms with van der Waals surface area (Å²) < 4.78 is 5.41.